The van der Waals surface area contributed by atoms with Crippen molar-refractivity contribution in [2.24, 2.45) is 0 Å². The molecule has 1 rings (SSSR count). The molecule has 162 valence electrons. The summed E-state index contributed by atoms with van der Waals surface area (Å²) in [7, 11) is -3.26. The normalized spacial score (nSPS) is 12.2. The highest BCUT2D eigenvalue weighted by molar-refractivity contribution is 7.53. The number of carboxylic acid groups (broad SMARTS) is 1. The molecule has 2 N–H and O–H groups in total. The van der Waals surface area contributed by atoms with Crippen molar-refractivity contribution in [1.82, 2.24) is 5.32 Å². The summed E-state index contributed by atoms with van der Waals surface area (Å²) in [6, 6.07) is 7.54. The van der Waals surface area contributed by atoms with Crippen LogP contribution in [0.3, 0.4) is 0 Å². The molecular weight excluding hydrogens is 401 g/mol. The lowest BCUT2D eigenvalue weighted by atomic mass is 10.2. The maximum atomic E-state index is 12.3. The van der Waals surface area contributed by atoms with E-state index in [9.17, 15) is 24.1 Å². The number of hydrogen-bond donors (Lipinski definition) is 2. The zero-order valence-corrected chi connectivity index (χ0v) is 17.6. The molecule has 0 bridgehead atoms. The Hall–Kier alpha value is -2.22. The molecule has 0 saturated carbocycles. The van der Waals surface area contributed by atoms with Crippen LogP contribution in [0.25, 0.3) is 0 Å². The fourth-order valence-electron chi connectivity index (χ4n) is 2.42. The fourth-order valence-corrected chi connectivity index (χ4v) is 4.09. The largest absolute Gasteiger partial charge is 0.480 e. The van der Waals surface area contributed by atoms with Crippen LogP contribution in [0.2, 0.25) is 0 Å². The number of benzene rings is 1. The highest BCUT2D eigenvalue weighted by atomic mass is 31.2. The van der Waals surface area contributed by atoms with Crippen molar-refractivity contribution in [3.63, 3.8) is 0 Å². The number of carbonyl (C=O) groups excluding carboxylic acids is 2. The summed E-state index contributed by atoms with van der Waals surface area (Å²) >= 11 is 0. The van der Waals surface area contributed by atoms with Gasteiger partial charge in [-0.25, -0.2) is 4.79 Å². The van der Waals surface area contributed by atoms with Crippen molar-refractivity contribution in [1.29, 1.82) is 0 Å². The van der Waals surface area contributed by atoms with Crippen LogP contribution in [0.5, 0.6) is 0 Å². The van der Waals surface area contributed by atoms with Crippen molar-refractivity contribution in [3.05, 3.63) is 35.9 Å². The second kappa shape index (κ2) is 13.1. The number of carboxylic acids is 1. The van der Waals surface area contributed by atoms with E-state index < -0.39 is 37.9 Å². The minimum absolute atomic E-state index is 0.0180. The molecular formula is C19H28NO8P. The second-order valence-electron chi connectivity index (χ2n) is 6.08. The molecule has 0 radical (unpaired) electrons. The van der Waals surface area contributed by atoms with Gasteiger partial charge in [-0.1, -0.05) is 30.3 Å². The Morgan fingerprint density at radius 1 is 1.10 bits per heavy atom. The van der Waals surface area contributed by atoms with E-state index in [1.54, 1.807) is 38.1 Å². The lowest BCUT2D eigenvalue weighted by Crippen LogP contribution is -2.42. The molecule has 10 heteroatoms. The van der Waals surface area contributed by atoms with Crippen molar-refractivity contribution < 1.29 is 37.8 Å². The summed E-state index contributed by atoms with van der Waals surface area (Å²) in [4.78, 5) is 35.3. The van der Waals surface area contributed by atoms with Crippen molar-refractivity contribution in [2.45, 2.75) is 45.8 Å². The van der Waals surface area contributed by atoms with Gasteiger partial charge in [0.1, 0.15) is 12.6 Å². The Labute approximate surface area is 170 Å². The van der Waals surface area contributed by atoms with Gasteiger partial charge < -0.3 is 24.2 Å². The van der Waals surface area contributed by atoms with E-state index in [4.69, 9.17) is 13.8 Å². The SMILES string of the molecule is CCOP(=O)(CCCC(=O)N[C@@H](CC(=O)OCc1ccccc1)C(=O)O)OCC. The summed E-state index contributed by atoms with van der Waals surface area (Å²) in [6.45, 7) is 3.83. The summed E-state index contributed by atoms with van der Waals surface area (Å²) < 4.78 is 27.6. The second-order valence-corrected chi connectivity index (χ2v) is 8.27. The van der Waals surface area contributed by atoms with Gasteiger partial charge in [0.2, 0.25) is 5.91 Å². The zero-order valence-electron chi connectivity index (χ0n) is 16.7. The lowest BCUT2D eigenvalue weighted by Gasteiger charge is -2.17. The van der Waals surface area contributed by atoms with Crippen molar-refractivity contribution in [3.8, 4) is 0 Å². The molecule has 0 aromatic heterocycles. The van der Waals surface area contributed by atoms with Gasteiger partial charge in [-0.05, 0) is 25.8 Å². The number of amides is 1. The van der Waals surface area contributed by atoms with Crippen molar-refractivity contribution >= 4 is 25.4 Å². The van der Waals surface area contributed by atoms with Gasteiger partial charge in [-0.2, -0.15) is 0 Å². The first kappa shape index (κ1) is 24.8. The molecule has 0 aliphatic rings. The molecule has 0 aliphatic heterocycles. The number of aliphatic carboxylic acids is 1. The summed E-state index contributed by atoms with van der Waals surface area (Å²) in [5.41, 5.74) is 0.768. The van der Waals surface area contributed by atoms with E-state index >= 15 is 0 Å². The van der Waals surface area contributed by atoms with Gasteiger partial charge in [0.05, 0.1) is 25.8 Å². The molecule has 0 heterocycles. The Bertz CT molecular complexity index is 699. The van der Waals surface area contributed by atoms with Gasteiger partial charge >= 0.3 is 19.5 Å². The molecule has 1 atom stereocenters. The summed E-state index contributed by atoms with van der Waals surface area (Å²) in [6.07, 6.45) is -0.343. The van der Waals surface area contributed by atoms with E-state index in [-0.39, 0.29) is 38.8 Å². The number of rotatable bonds is 14. The zero-order chi connectivity index (χ0) is 21.7. The molecule has 0 fully saturated rings. The van der Waals surface area contributed by atoms with Gasteiger partial charge in [0, 0.05) is 6.42 Å². The molecule has 1 amide bonds. The predicted molar refractivity (Wildman–Crippen MR) is 105 cm³/mol. The van der Waals surface area contributed by atoms with Gasteiger partial charge in [0.25, 0.3) is 0 Å². The van der Waals surface area contributed by atoms with E-state index in [2.05, 4.69) is 5.32 Å². The molecule has 9 nitrogen and oxygen atoms in total. The molecule has 29 heavy (non-hydrogen) atoms. The molecule has 0 aliphatic carbocycles. The number of nitrogens with one attached hydrogen (secondary N) is 1. The molecule has 0 saturated heterocycles. The molecule has 0 unspecified atom stereocenters. The summed E-state index contributed by atoms with van der Waals surface area (Å²) in [5, 5.41) is 11.5. The van der Waals surface area contributed by atoms with E-state index in [0.29, 0.717) is 0 Å². The topological polar surface area (TPSA) is 128 Å². The minimum atomic E-state index is -3.26. The Kier molecular flexibility index (Phi) is 11.2. The van der Waals surface area contributed by atoms with E-state index in [1.165, 1.54) is 0 Å². The first-order chi connectivity index (χ1) is 13.8. The molecule has 1 aromatic rings. The van der Waals surface area contributed by atoms with E-state index in [0.717, 1.165) is 5.56 Å². The first-order valence-corrected chi connectivity index (χ1v) is 11.1. The van der Waals surface area contributed by atoms with Crippen LogP contribution in [-0.4, -0.2) is 48.4 Å². The Balaban J connectivity index is 2.45. The summed E-state index contributed by atoms with van der Waals surface area (Å²) in [5.74, 6) is -2.66. The van der Waals surface area contributed by atoms with Gasteiger partial charge in [0.15, 0.2) is 0 Å². The number of carbonyl (C=O) groups is 3. The number of ether oxygens (including phenoxy) is 1. The first-order valence-electron chi connectivity index (χ1n) is 9.39. The highest BCUT2D eigenvalue weighted by Gasteiger charge is 2.26. The van der Waals surface area contributed by atoms with Crippen LogP contribution in [0.15, 0.2) is 30.3 Å². The monoisotopic (exact) mass is 429 g/mol. The van der Waals surface area contributed by atoms with Crippen molar-refractivity contribution in [2.75, 3.05) is 19.4 Å². The average Bonchev–Trinajstić information content (AvgIpc) is 2.67. The highest BCUT2D eigenvalue weighted by Crippen LogP contribution is 2.48. The quantitative estimate of drug-likeness (QED) is 0.341. The third-order valence-electron chi connectivity index (χ3n) is 3.73. The maximum absolute atomic E-state index is 12.3. The lowest BCUT2D eigenvalue weighted by molar-refractivity contribution is -0.151. The van der Waals surface area contributed by atoms with Crippen LogP contribution < -0.4 is 5.32 Å². The number of hydrogen-bond acceptors (Lipinski definition) is 7. The number of esters is 1. The third kappa shape index (κ3) is 10.2. The average molecular weight is 429 g/mol. The molecule has 1 aromatic carbocycles. The predicted octanol–water partition coefficient (Wildman–Crippen LogP) is 2.74. The standard InChI is InChI=1S/C19H28NO8P/c1-3-27-29(25,28-4-2)12-8-11-17(21)20-16(19(23)24)13-18(22)26-14-15-9-6-5-7-10-15/h5-7,9-10,16H,3-4,8,11-14H2,1-2H3,(H,20,21)(H,23,24)/t16-/m0/s1. The van der Waals surface area contributed by atoms with E-state index in [1.807, 2.05) is 6.07 Å². The van der Waals surface area contributed by atoms with Crippen LogP contribution in [0, 0.1) is 0 Å². The molecule has 0 spiro atoms. The Morgan fingerprint density at radius 2 is 1.72 bits per heavy atom. The van der Waals surface area contributed by atoms with Crippen LogP contribution in [0.4, 0.5) is 0 Å². The maximum Gasteiger partial charge on any atom is 0.330 e. The fraction of sp³-hybridized carbons (Fsp3) is 0.526. The van der Waals surface area contributed by atoms with Gasteiger partial charge in [-0.3, -0.25) is 14.2 Å². The van der Waals surface area contributed by atoms with Gasteiger partial charge in [-0.15, -0.1) is 0 Å². The third-order valence-corrected chi connectivity index (χ3v) is 5.90. The minimum Gasteiger partial charge on any atom is -0.480 e. The Morgan fingerprint density at radius 3 is 2.28 bits per heavy atom. The van der Waals surface area contributed by atoms with Crippen LogP contribution in [0.1, 0.15) is 38.7 Å². The smallest absolute Gasteiger partial charge is 0.330 e. The van der Waals surface area contributed by atoms with Crippen LogP contribution in [-0.2, 0) is 39.3 Å². The van der Waals surface area contributed by atoms with Crippen LogP contribution >= 0.6 is 7.60 Å².